The van der Waals surface area contributed by atoms with Crippen LogP contribution >= 0.6 is 23.1 Å². The van der Waals surface area contributed by atoms with Gasteiger partial charge in [0, 0.05) is 27.9 Å². The molecule has 170 valence electrons. The Morgan fingerprint density at radius 1 is 1.00 bits per heavy atom. The SMILES string of the molecule is CC1=NC(SCC(=O)Nc2ccccc2)=C(C#N)[C@H](c2cccs2)C1C(=O)Nc1ccccc1. The fourth-order valence-electron chi connectivity index (χ4n) is 3.77. The molecule has 0 fully saturated rings. The number of para-hydroxylation sites is 2. The molecule has 0 spiro atoms. The fraction of sp³-hybridized carbons (Fsp3) is 0.154. The Kier molecular flexibility index (Phi) is 7.58. The number of nitriles is 1. The first-order valence-corrected chi connectivity index (χ1v) is 12.5. The second-order valence-corrected chi connectivity index (χ2v) is 9.56. The second kappa shape index (κ2) is 11.0. The maximum absolute atomic E-state index is 13.3. The Hall–Kier alpha value is -3.67. The van der Waals surface area contributed by atoms with E-state index < -0.39 is 11.8 Å². The summed E-state index contributed by atoms with van der Waals surface area (Å²) in [4.78, 5) is 31.3. The summed E-state index contributed by atoms with van der Waals surface area (Å²) in [5.74, 6) is -1.40. The van der Waals surface area contributed by atoms with Crippen LogP contribution in [0.2, 0.25) is 0 Å². The van der Waals surface area contributed by atoms with Gasteiger partial charge in [0.1, 0.15) is 5.03 Å². The van der Waals surface area contributed by atoms with Crippen molar-refractivity contribution < 1.29 is 9.59 Å². The van der Waals surface area contributed by atoms with E-state index in [0.717, 1.165) is 4.88 Å². The second-order valence-electron chi connectivity index (χ2n) is 7.61. The number of carbonyl (C=O) groups is 2. The Labute approximate surface area is 206 Å². The minimum atomic E-state index is -0.629. The number of allylic oxidation sites excluding steroid dienone is 1. The van der Waals surface area contributed by atoms with Crippen LogP contribution in [0.5, 0.6) is 0 Å². The molecule has 8 heteroatoms. The number of hydrogen-bond acceptors (Lipinski definition) is 6. The lowest BCUT2D eigenvalue weighted by Gasteiger charge is -2.30. The van der Waals surface area contributed by atoms with Crippen LogP contribution in [0.1, 0.15) is 17.7 Å². The summed E-state index contributed by atoms with van der Waals surface area (Å²) < 4.78 is 0. The highest BCUT2D eigenvalue weighted by molar-refractivity contribution is 8.03. The van der Waals surface area contributed by atoms with Crippen LogP contribution in [0, 0.1) is 17.2 Å². The molecule has 1 aliphatic rings. The Morgan fingerprint density at radius 3 is 2.24 bits per heavy atom. The molecule has 2 N–H and O–H groups in total. The van der Waals surface area contributed by atoms with E-state index >= 15 is 0 Å². The Bertz CT molecular complexity index is 1260. The lowest BCUT2D eigenvalue weighted by Crippen LogP contribution is -2.36. The molecular weight excluding hydrogens is 464 g/mol. The quantitative estimate of drug-likeness (QED) is 0.450. The van der Waals surface area contributed by atoms with Crippen molar-refractivity contribution >= 4 is 52.0 Å². The zero-order valence-electron chi connectivity index (χ0n) is 18.4. The van der Waals surface area contributed by atoms with Gasteiger partial charge in [-0.3, -0.25) is 9.59 Å². The monoisotopic (exact) mass is 486 g/mol. The van der Waals surface area contributed by atoms with Gasteiger partial charge in [0.25, 0.3) is 0 Å². The molecule has 2 amide bonds. The molecule has 0 saturated heterocycles. The molecule has 0 radical (unpaired) electrons. The molecule has 6 nitrogen and oxygen atoms in total. The number of nitrogens with one attached hydrogen (secondary N) is 2. The van der Waals surface area contributed by atoms with Crippen LogP contribution in [-0.2, 0) is 9.59 Å². The molecule has 1 unspecified atom stereocenters. The topological polar surface area (TPSA) is 94.3 Å². The summed E-state index contributed by atoms with van der Waals surface area (Å²) >= 11 is 2.71. The van der Waals surface area contributed by atoms with E-state index in [4.69, 9.17) is 0 Å². The number of rotatable bonds is 7. The van der Waals surface area contributed by atoms with Gasteiger partial charge >= 0.3 is 0 Å². The number of carbonyl (C=O) groups excluding carboxylic acids is 2. The minimum absolute atomic E-state index is 0.101. The van der Waals surface area contributed by atoms with Crippen LogP contribution in [0.4, 0.5) is 11.4 Å². The first-order chi connectivity index (χ1) is 16.6. The third-order valence-corrected chi connectivity index (χ3v) is 7.24. The summed E-state index contributed by atoms with van der Waals surface area (Å²) in [7, 11) is 0. The molecule has 2 heterocycles. The standard InChI is InChI=1S/C26H22N4O2S2/c1-17-23(25(32)30-19-11-6-3-7-12-19)24(21-13-8-14-33-21)20(15-27)26(28-17)34-16-22(31)29-18-9-4-2-5-10-18/h2-14,23-24H,16H2,1H3,(H,29,31)(H,30,32)/t23?,24-/m1/s1. The largest absolute Gasteiger partial charge is 0.325 e. The summed E-state index contributed by atoms with van der Waals surface area (Å²) in [6.45, 7) is 1.80. The lowest BCUT2D eigenvalue weighted by molar-refractivity contribution is -0.118. The summed E-state index contributed by atoms with van der Waals surface area (Å²) in [6, 6.07) is 24.5. The zero-order valence-corrected chi connectivity index (χ0v) is 20.0. The highest BCUT2D eigenvalue weighted by Crippen LogP contribution is 2.43. The predicted molar refractivity (Wildman–Crippen MR) is 139 cm³/mol. The summed E-state index contributed by atoms with van der Waals surface area (Å²) in [5.41, 5.74) is 2.40. The average molecular weight is 487 g/mol. The fourth-order valence-corrected chi connectivity index (χ4v) is 5.52. The minimum Gasteiger partial charge on any atom is -0.325 e. The maximum Gasteiger partial charge on any atom is 0.234 e. The molecule has 0 saturated carbocycles. The first kappa shape index (κ1) is 23.5. The van der Waals surface area contributed by atoms with E-state index in [1.807, 2.05) is 78.2 Å². The number of benzene rings is 2. The van der Waals surface area contributed by atoms with E-state index in [9.17, 15) is 14.9 Å². The van der Waals surface area contributed by atoms with E-state index in [1.165, 1.54) is 23.1 Å². The van der Waals surface area contributed by atoms with Gasteiger partial charge in [-0.05, 0) is 42.6 Å². The first-order valence-electron chi connectivity index (χ1n) is 10.6. The molecule has 1 aromatic heterocycles. The number of hydrogen-bond donors (Lipinski definition) is 2. The smallest absolute Gasteiger partial charge is 0.234 e. The number of amides is 2. The third-order valence-electron chi connectivity index (χ3n) is 5.29. The molecule has 34 heavy (non-hydrogen) atoms. The van der Waals surface area contributed by atoms with Crippen LogP contribution in [0.3, 0.4) is 0 Å². The van der Waals surface area contributed by atoms with E-state index in [-0.39, 0.29) is 17.6 Å². The third kappa shape index (κ3) is 5.45. The van der Waals surface area contributed by atoms with Crippen molar-refractivity contribution in [1.82, 2.24) is 0 Å². The zero-order chi connectivity index (χ0) is 23.9. The van der Waals surface area contributed by atoms with Crippen LogP contribution in [-0.4, -0.2) is 23.3 Å². The average Bonchev–Trinajstić information content (AvgIpc) is 3.38. The number of thioether (sulfide) groups is 1. The molecule has 1 aliphatic heterocycles. The highest BCUT2D eigenvalue weighted by atomic mass is 32.2. The Morgan fingerprint density at radius 2 is 1.65 bits per heavy atom. The van der Waals surface area contributed by atoms with Crippen molar-refractivity contribution in [1.29, 1.82) is 5.26 Å². The lowest BCUT2D eigenvalue weighted by atomic mass is 9.80. The van der Waals surface area contributed by atoms with Crippen molar-refractivity contribution in [3.63, 3.8) is 0 Å². The van der Waals surface area contributed by atoms with E-state index in [1.54, 1.807) is 6.92 Å². The normalized spacial score (nSPS) is 17.5. The summed E-state index contributed by atoms with van der Waals surface area (Å²) in [6.07, 6.45) is 0. The van der Waals surface area contributed by atoms with Crippen LogP contribution < -0.4 is 10.6 Å². The van der Waals surface area contributed by atoms with Gasteiger partial charge in [-0.2, -0.15) is 5.26 Å². The summed E-state index contributed by atoms with van der Waals surface area (Å²) in [5, 5.41) is 18.3. The maximum atomic E-state index is 13.3. The van der Waals surface area contributed by atoms with Crippen molar-refractivity contribution in [2.45, 2.75) is 12.8 Å². The highest BCUT2D eigenvalue weighted by Gasteiger charge is 2.40. The Balaban J connectivity index is 1.58. The molecule has 0 aliphatic carbocycles. The van der Waals surface area contributed by atoms with Crippen molar-refractivity contribution in [2.24, 2.45) is 10.9 Å². The van der Waals surface area contributed by atoms with Gasteiger partial charge in [-0.1, -0.05) is 54.2 Å². The van der Waals surface area contributed by atoms with E-state index in [0.29, 0.717) is 27.7 Å². The van der Waals surface area contributed by atoms with Gasteiger partial charge < -0.3 is 10.6 Å². The predicted octanol–water partition coefficient (Wildman–Crippen LogP) is 5.67. The molecule has 3 aromatic rings. The van der Waals surface area contributed by atoms with Crippen molar-refractivity contribution in [3.8, 4) is 6.07 Å². The number of aliphatic imine (C=N–C) groups is 1. The van der Waals surface area contributed by atoms with Gasteiger partial charge in [0.05, 0.1) is 23.3 Å². The number of nitrogens with zero attached hydrogens (tertiary/aromatic N) is 2. The van der Waals surface area contributed by atoms with Crippen LogP contribution in [0.15, 0.2) is 93.8 Å². The molecule has 4 rings (SSSR count). The van der Waals surface area contributed by atoms with Crippen LogP contribution in [0.25, 0.3) is 0 Å². The van der Waals surface area contributed by atoms with Crippen molar-refractivity contribution in [3.05, 3.63) is 93.7 Å². The van der Waals surface area contributed by atoms with Gasteiger partial charge in [-0.15, -0.1) is 11.3 Å². The van der Waals surface area contributed by atoms with Crippen molar-refractivity contribution in [2.75, 3.05) is 16.4 Å². The molecule has 0 bridgehead atoms. The van der Waals surface area contributed by atoms with Gasteiger partial charge in [0.2, 0.25) is 11.8 Å². The molecule has 2 atom stereocenters. The number of thiophene rings is 1. The number of anilines is 2. The van der Waals surface area contributed by atoms with Gasteiger partial charge in [-0.25, -0.2) is 4.99 Å². The molecule has 2 aromatic carbocycles. The molecular formula is C26H22N4O2S2. The van der Waals surface area contributed by atoms with Gasteiger partial charge in [0.15, 0.2) is 0 Å². The van der Waals surface area contributed by atoms with E-state index in [2.05, 4.69) is 21.7 Å².